The van der Waals surface area contributed by atoms with Crippen molar-refractivity contribution in [2.75, 3.05) is 6.54 Å². The fraction of sp³-hybridized carbons (Fsp3) is 0.533. The van der Waals surface area contributed by atoms with Crippen molar-refractivity contribution in [1.82, 2.24) is 4.72 Å². The van der Waals surface area contributed by atoms with Gasteiger partial charge in [0, 0.05) is 12.1 Å². The van der Waals surface area contributed by atoms with Crippen LogP contribution in [0.5, 0.6) is 0 Å². The van der Waals surface area contributed by atoms with Crippen molar-refractivity contribution in [3.05, 3.63) is 29.3 Å². The number of hydrogen-bond acceptors (Lipinski definition) is 3. The van der Waals surface area contributed by atoms with Gasteiger partial charge >= 0.3 is 0 Å². The molecule has 0 bridgehead atoms. The summed E-state index contributed by atoms with van der Waals surface area (Å²) in [6, 6.07) is 4.89. The van der Waals surface area contributed by atoms with E-state index in [-0.39, 0.29) is 15.3 Å². The second-order valence-corrected chi connectivity index (χ2v) is 8.49. The van der Waals surface area contributed by atoms with Gasteiger partial charge in [0.1, 0.15) is 4.99 Å². The zero-order chi connectivity index (χ0) is 16.4. The minimum atomic E-state index is -3.53. The first-order valence-corrected chi connectivity index (χ1v) is 8.76. The summed E-state index contributed by atoms with van der Waals surface area (Å²) < 4.78 is 27.6. The van der Waals surface area contributed by atoms with E-state index in [2.05, 4.69) is 18.6 Å². The Bertz CT molecular complexity index is 635. The van der Waals surface area contributed by atoms with Crippen molar-refractivity contribution in [2.24, 2.45) is 17.1 Å². The number of benzene rings is 1. The summed E-state index contributed by atoms with van der Waals surface area (Å²) in [6.45, 7) is 10.4. The molecule has 0 heterocycles. The fourth-order valence-electron chi connectivity index (χ4n) is 1.67. The largest absolute Gasteiger partial charge is 0.389 e. The molecule has 0 atom stereocenters. The van der Waals surface area contributed by atoms with Crippen molar-refractivity contribution in [3.8, 4) is 0 Å². The zero-order valence-corrected chi connectivity index (χ0v) is 14.9. The van der Waals surface area contributed by atoms with E-state index < -0.39 is 10.0 Å². The van der Waals surface area contributed by atoms with E-state index in [1.54, 1.807) is 25.1 Å². The maximum absolute atomic E-state index is 12.4. The standard InChI is InChI=1S/C15H24N2O2S2/c1-10(2)15(4,5)9-17-21(18,19)13-7-6-12(14(16)20)8-11(13)3/h6-8,10,17H,9H2,1-5H3,(H2,16,20). The number of thiocarbonyl (C=S) groups is 1. The molecule has 0 amide bonds. The van der Waals surface area contributed by atoms with Gasteiger partial charge in [-0.3, -0.25) is 0 Å². The Kier molecular flexibility index (Phi) is 5.52. The third kappa shape index (κ3) is 4.49. The number of sulfonamides is 1. The molecule has 3 N–H and O–H groups in total. The molecular weight excluding hydrogens is 304 g/mol. The van der Waals surface area contributed by atoms with Crippen molar-refractivity contribution < 1.29 is 8.42 Å². The topological polar surface area (TPSA) is 72.2 Å². The van der Waals surface area contributed by atoms with Gasteiger partial charge in [-0.1, -0.05) is 46.0 Å². The summed E-state index contributed by atoms with van der Waals surface area (Å²) in [5.74, 6) is 0.373. The van der Waals surface area contributed by atoms with Gasteiger partial charge in [0.05, 0.1) is 4.90 Å². The molecular formula is C15H24N2O2S2. The molecule has 0 aliphatic carbocycles. The molecule has 4 nitrogen and oxygen atoms in total. The van der Waals surface area contributed by atoms with Gasteiger partial charge in [-0.15, -0.1) is 0 Å². The average molecular weight is 329 g/mol. The lowest BCUT2D eigenvalue weighted by Gasteiger charge is -2.29. The van der Waals surface area contributed by atoms with Crippen LogP contribution in [0.4, 0.5) is 0 Å². The Balaban J connectivity index is 3.02. The minimum Gasteiger partial charge on any atom is -0.389 e. The second-order valence-electron chi connectivity index (χ2n) is 6.31. The molecule has 0 aliphatic heterocycles. The molecule has 1 aromatic carbocycles. The van der Waals surface area contributed by atoms with Crippen LogP contribution in [0.2, 0.25) is 0 Å². The lowest BCUT2D eigenvalue weighted by Crippen LogP contribution is -2.37. The molecule has 0 radical (unpaired) electrons. The Labute approximate surface area is 133 Å². The molecule has 0 aliphatic rings. The third-order valence-electron chi connectivity index (χ3n) is 4.03. The first-order chi connectivity index (χ1) is 9.47. The molecule has 1 aromatic rings. The molecule has 0 saturated carbocycles. The molecule has 0 saturated heterocycles. The monoisotopic (exact) mass is 328 g/mol. The van der Waals surface area contributed by atoms with E-state index in [9.17, 15) is 8.42 Å². The molecule has 0 fully saturated rings. The molecule has 0 spiro atoms. The van der Waals surface area contributed by atoms with Gasteiger partial charge in [-0.2, -0.15) is 0 Å². The molecule has 0 aromatic heterocycles. The number of aryl methyl sites for hydroxylation is 1. The molecule has 1 rings (SSSR count). The summed E-state index contributed by atoms with van der Waals surface area (Å²) in [6.07, 6.45) is 0. The normalized spacial score (nSPS) is 12.7. The number of hydrogen-bond donors (Lipinski definition) is 2. The minimum absolute atomic E-state index is 0.111. The van der Waals surface area contributed by atoms with Crippen LogP contribution in [0, 0.1) is 18.3 Å². The Hall–Kier alpha value is -0.980. The zero-order valence-electron chi connectivity index (χ0n) is 13.2. The number of nitrogens with one attached hydrogen (secondary N) is 1. The van der Waals surface area contributed by atoms with Gasteiger partial charge in [-0.05, 0) is 36.0 Å². The SMILES string of the molecule is Cc1cc(C(N)=S)ccc1S(=O)(=O)NCC(C)(C)C(C)C. The second kappa shape index (κ2) is 6.42. The molecule has 118 valence electrons. The van der Waals surface area contributed by atoms with Crippen LogP contribution in [0.1, 0.15) is 38.8 Å². The highest BCUT2D eigenvalue weighted by Gasteiger charge is 2.26. The molecule has 21 heavy (non-hydrogen) atoms. The first-order valence-electron chi connectivity index (χ1n) is 6.87. The lowest BCUT2D eigenvalue weighted by atomic mass is 9.81. The lowest BCUT2D eigenvalue weighted by molar-refractivity contribution is 0.252. The van der Waals surface area contributed by atoms with E-state index in [0.29, 0.717) is 23.6 Å². The van der Waals surface area contributed by atoms with Gasteiger partial charge in [0.25, 0.3) is 0 Å². The van der Waals surface area contributed by atoms with E-state index in [1.165, 1.54) is 0 Å². The van der Waals surface area contributed by atoms with Crippen LogP contribution in [-0.2, 0) is 10.0 Å². The number of nitrogens with two attached hydrogens (primary N) is 1. The van der Waals surface area contributed by atoms with Crippen LogP contribution in [0.15, 0.2) is 23.1 Å². The van der Waals surface area contributed by atoms with Crippen molar-refractivity contribution >= 4 is 27.2 Å². The smallest absolute Gasteiger partial charge is 0.240 e. The Morgan fingerprint density at radius 1 is 1.38 bits per heavy atom. The van der Waals surface area contributed by atoms with Crippen LogP contribution in [0.25, 0.3) is 0 Å². The Morgan fingerprint density at radius 3 is 2.38 bits per heavy atom. The Morgan fingerprint density at radius 2 is 1.95 bits per heavy atom. The first kappa shape index (κ1) is 18.1. The van der Waals surface area contributed by atoms with Gasteiger partial charge < -0.3 is 5.73 Å². The third-order valence-corrected chi connectivity index (χ3v) is 5.83. The highest BCUT2D eigenvalue weighted by Crippen LogP contribution is 2.26. The molecule has 0 unspecified atom stereocenters. The highest BCUT2D eigenvalue weighted by atomic mass is 32.2. The van der Waals surface area contributed by atoms with Gasteiger partial charge in [0.2, 0.25) is 10.0 Å². The summed E-state index contributed by atoms with van der Waals surface area (Å²) >= 11 is 4.90. The van der Waals surface area contributed by atoms with Gasteiger partial charge in [-0.25, -0.2) is 13.1 Å². The summed E-state index contributed by atoms with van der Waals surface area (Å²) in [4.78, 5) is 0.526. The maximum Gasteiger partial charge on any atom is 0.240 e. The van der Waals surface area contributed by atoms with Crippen LogP contribution >= 0.6 is 12.2 Å². The molecule has 6 heteroatoms. The van der Waals surface area contributed by atoms with Crippen LogP contribution in [-0.4, -0.2) is 20.0 Å². The summed E-state index contributed by atoms with van der Waals surface area (Å²) in [5, 5.41) is 0. The highest BCUT2D eigenvalue weighted by molar-refractivity contribution is 7.89. The average Bonchev–Trinajstić information content (AvgIpc) is 2.36. The predicted octanol–water partition coefficient (Wildman–Crippen LogP) is 2.59. The van der Waals surface area contributed by atoms with Crippen molar-refractivity contribution in [1.29, 1.82) is 0 Å². The van der Waals surface area contributed by atoms with E-state index >= 15 is 0 Å². The van der Waals surface area contributed by atoms with Crippen molar-refractivity contribution in [2.45, 2.75) is 39.5 Å². The number of rotatable bonds is 6. The van der Waals surface area contributed by atoms with Crippen LogP contribution in [0.3, 0.4) is 0 Å². The fourth-order valence-corrected chi connectivity index (χ4v) is 3.24. The van der Waals surface area contributed by atoms with Crippen LogP contribution < -0.4 is 10.5 Å². The quantitative estimate of drug-likeness (QED) is 0.787. The summed E-state index contributed by atoms with van der Waals surface area (Å²) in [7, 11) is -3.53. The van der Waals surface area contributed by atoms with Gasteiger partial charge in [0.15, 0.2) is 0 Å². The van der Waals surface area contributed by atoms with E-state index in [0.717, 1.165) is 0 Å². The maximum atomic E-state index is 12.4. The van der Waals surface area contributed by atoms with E-state index in [4.69, 9.17) is 18.0 Å². The predicted molar refractivity (Wildman–Crippen MR) is 90.9 cm³/mol. The van der Waals surface area contributed by atoms with Crippen molar-refractivity contribution in [3.63, 3.8) is 0 Å². The van der Waals surface area contributed by atoms with E-state index in [1.807, 2.05) is 13.8 Å². The summed E-state index contributed by atoms with van der Waals surface area (Å²) in [5.41, 5.74) is 6.75.